The van der Waals surface area contributed by atoms with Gasteiger partial charge in [0.25, 0.3) is 5.91 Å². The van der Waals surface area contributed by atoms with Crippen molar-refractivity contribution in [3.63, 3.8) is 0 Å². The minimum absolute atomic E-state index is 0.00672. The van der Waals surface area contributed by atoms with Crippen LogP contribution < -0.4 is 20.3 Å². The molecule has 0 unspecified atom stereocenters. The van der Waals surface area contributed by atoms with Crippen molar-refractivity contribution in [2.24, 2.45) is 0 Å². The van der Waals surface area contributed by atoms with Gasteiger partial charge < -0.3 is 25.0 Å². The molecule has 2 aromatic heterocycles. The molecule has 2 N–H and O–H groups in total. The zero-order valence-corrected chi connectivity index (χ0v) is 20.0. The van der Waals surface area contributed by atoms with E-state index in [2.05, 4.69) is 35.5 Å². The fraction of sp³-hybridized carbons (Fsp3) is 0.348. The molecule has 1 aromatic carbocycles. The lowest BCUT2D eigenvalue weighted by Gasteiger charge is -2.26. The number of halogens is 3. The summed E-state index contributed by atoms with van der Waals surface area (Å²) in [7, 11) is 1.43. The van der Waals surface area contributed by atoms with Crippen LogP contribution in [0.15, 0.2) is 36.5 Å². The van der Waals surface area contributed by atoms with Crippen LogP contribution in [0.2, 0.25) is 0 Å². The highest BCUT2D eigenvalue weighted by molar-refractivity contribution is 5.99. The van der Waals surface area contributed by atoms with Gasteiger partial charge in [-0.2, -0.15) is 13.8 Å². The van der Waals surface area contributed by atoms with Gasteiger partial charge in [0.15, 0.2) is 23.1 Å². The number of carbonyl (C=O) groups is 1. The molecule has 0 bridgehead atoms. The SMILES string of the molecule is CC.CNC(=O)c1nnc(Nc2nc(N3CCOCC3)ncc2F)cc1-c1ccc(OC(F)F)cc1. The van der Waals surface area contributed by atoms with Crippen molar-refractivity contribution < 1.29 is 27.4 Å². The Balaban J connectivity index is 0.00000176. The van der Waals surface area contributed by atoms with Gasteiger partial charge in [-0.25, -0.2) is 9.37 Å². The second kappa shape index (κ2) is 12.6. The standard InChI is InChI=1S/C21H20F3N7O3.C2H6/c1-25-19(32)17-14(12-2-4-13(5-3-12)34-20(23)24)10-16(29-30-17)27-18-15(22)11-26-21(28-18)31-6-8-33-9-7-31;1-2/h2-5,10-11,20H,6-9H2,1H3,(H,25,32)(H,26,27,28,29);1-2H3. The molecular weight excluding hydrogens is 479 g/mol. The first-order chi connectivity index (χ1) is 17.4. The van der Waals surface area contributed by atoms with Gasteiger partial charge in [-0.05, 0) is 23.8 Å². The van der Waals surface area contributed by atoms with E-state index in [0.29, 0.717) is 43.4 Å². The average Bonchev–Trinajstić information content (AvgIpc) is 2.91. The summed E-state index contributed by atoms with van der Waals surface area (Å²) in [5.41, 5.74) is 0.811. The maximum Gasteiger partial charge on any atom is 0.387 e. The first-order valence-corrected chi connectivity index (χ1v) is 11.2. The molecular formula is C23H26F3N7O3. The second-order valence-corrected chi connectivity index (χ2v) is 7.06. The highest BCUT2D eigenvalue weighted by Gasteiger charge is 2.19. The van der Waals surface area contributed by atoms with Crippen LogP contribution in [0.3, 0.4) is 0 Å². The van der Waals surface area contributed by atoms with Gasteiger partial charge >= 0.3 is 6.61 Å². The molecule has 1 fully saturated rings. The van der Waals surface area contributed by atoms with Crippen LogP contribution in [0.4, 0.5) is 30.8 Å². The van der Waals surface area contributed by atoms with Crippen LogP contribution >= 0.6 is 0 Å². The van der Waals surface area contributed by atoms with Crippen molar-refractivity contribution in [2.45, 2.75) is 20.5 Å². The summed E-state index contributed by atoms with van der Waals surface area (Å²) in [5, 5.41) is 13.2. The molecule has 4 rings (SSSR count). The summed E-state index contributed by atoms with van der Waals surface area (Å²) in [5.74, 6) is -0.934. The van der Waals surface area contributed by atoms with Crippen molar-refractivity contribution in [3.8, 4) is 16.9 Å². The van der Waals surface area contributed by atoms with E-state index >= 15 is 0 Å². The fourth-order valence-corrected chi connectivity index (χ4v) is 3.26. The number of hydrogen-bond acceptors (Lipinski definition) is 9. The highest BCUT2D eigenvalue weighted by Crippen LogP contribution is 2.28. The predicted octanol–water partition coefficient (Wildman–Crippen LogP) is 3.64. The van der Waals surface area contributed by atoms with E-state index in [1.54, 1.807) is 0 Å². The van der Waals surface area contributed by atoms with Crippen LogP contribution in [0.1, 0.15) is 24.3 Å². The number of nitrogens with zero attached hydrogens (tertiary/aromatic N) is 5. The number of ether oxygens (including phenoxy) is 2. The lowest BCUT2D eigenvalue weighted by Crippen LogP contribution is -2.37. The van der Waals surface area contributed by atoms with E-state index in [1.807, 2.05) is 18.7 Å². The quantitative estimate of drug-likeness (QED) is 0.497. The molecule has 1 amide bonds. The Labute approximate surface area is 205 Å². The summed E-state index contributed by atoms with van der Waals surface area (Å²) >= 11 is 0. The Morgan fingerprint density at radius 1 is 1.14 bits per heavy atom. The lowest BCUT2D eigenvalue weighted by atomic mass is 10.0. The molecule has 0 aliphatic carbocycles. The van der Waals surface area contributed by atoms with Crippen LogP contribution in [-0.2, 0) is 4.74 Å². The number of alkyl halides is 2. The fourth-order valence-electron chi connectivity index (χ4n) is 3.26. The maximum atomic E-state index is 14.4. The van der Waals surface area contributed by atoms with Gasteiger partial charge in [0.05, 0.1) is 19.4 Å². The van der Waals surface area contributed by atoms with Gasteiger partial charge in [-0.15, -0.1) is 10.2 Å². The third-order valence-electron chi connectivity index (χ3n) is 4.90. The van der Waals surface area contributed by atoms with Crippen molar-refractivity contribution in [3.05, 3.63) is 48.0 Å². The molecule has 0 atom stereocenters. The Morgan fingerprint density at radius 2 is 1.83 bits per heavy atom. The first kappa shape index (κ1) is 26.6. The highest BCUT2D eigenvalue weighted by atomic mass is 19.3. The topological polar surface area (TPSA) is 114 Å². The average molecular weight is 506 g/mol. The number of anilines is 3. The van der Waals surface area contributed by atoms with Crippen molar-refractivity contribution in [2.75, 3.05) is 43.6 Å². The maximum absolute atomic E-state index is 14.4. The predicted molar refractivity (Wildman–Crippen MR) is 127 cm³/mol. The monoisotopic (exact) mass is 505 g/mol. The van der Waals surface area contributed by atoms with Gasteiger partial charge in [-0.1, -0.05) is 26.0 Å². The molecule has 0 spiro atoms. The number of amides is 1. The van der Waals surface area contributed by atoms with Crippen LogP contribution in [0.25, 0.3) is 11.1 Å². The molecule has 192 valence electrons. The van der Waals surface area contributed by atoms with Crippen LogP contribution in [0, 0.1) is 5.82 Å². The largest absolute Gasteiger partial charge is 0.435 e. The number of nitrogens with one attached hydrogen (secondary N) is 2. The van der Waals surface area contributed by atoms with E-state index < -0.39 is 18.3 Å². The van der Waals surface area contributed by atoms with Gasteiger partial charge in [-0.3, -0.25) is 4.79 Å². The minimum atomic E-state index is -2.96. The second-order valence-electron chi connectivity index (χ2n) is 7.06. The van der Waals surface area contributed by atoms with Gasteiger partial charge in [0, 0.05) is 25.7 Å². The summed E-state index contributed by atoms with van der Waals surface area (Å²) in [4.78, 5) is 22.5. The van der Waals surface area contributed by atoms with Gasteiger partial charge in [0.2, 0.25) is 5.95 Å². The summed E-state index contributed by atoms with van der Waals surface area (Å²) in [6.45, 7) is 3.21. The normalized spacial score (nSPS) is 13.0. The number of rotatable bonds is 7. The zero-order chi connectivity index (χ0) is 26.1. The number of aromatic nitrogens is 4. The Bertz CT molecular complexity index is 1160. The number of hydrogen-bond donors (Lipinski definition) is 2. The Hall–Kier alpha value is -4.00. The molecule has 1 aliphatic rings. The summed E-state index contributed by atoms with van der Waals surface area (Å²) < 4.78 is 49.0. The van der Waals surface area contributed by atoms with E-state index in [-0.39, 0.29) is 23.1 Å². The molecule has 36 heavy (non-hydrogen) atoms. The van der Waals surface area contributed by atoms with E-state index in [1.165, 1.54) is 37.4 Å². The number of benzene rings is 1. The third-order valence-corrected chi connectivity index (χ3v) is 4.90. The lowest BCUT2D eigenvalue weighted by molar-refractivity contribution is -0.0498. The number of morpholine rings is 1. The summed E-state index contributed by atoms with van der Waals surface area (Å²) in [6, 6.07) is 7.14. The molecule has 0 saturated carbocycles. The van der Waals surface area contributed by atoms with Crippen LogP contribution in [-0.4, -0.2) is 66.0 Å². The molecule has 1 saturated heterocycles. The molecule has 10 nitrogen and oxygen atoms in total. The Morgan fingerprint density at radius 3 is 2.47 bits per heavy atom. The van der Waals surface area contributed by atoms with Gasteiger partial charge in [0.1, 0.15) is 5.75 Å². The van der Waals surface area contributed by atoms with Crippen LogP contribution in [0.5, 0.6) is 5.75 Å². The van der Waals surface area contributed by atoms with Crippen molar-refractivity contribution in [1.29, 1.82) is 0 Å². The third kappa shape index (κ3) is 6.56. The van der Waals surface area contributed by atoms with E-state index in [0.717, 1.165) is 6.20 Å². The smallest absolute Gasteiger partial charge is 0.387 e. The van der Waals surface area contributed by atoms with E-state index in [4.69, 9.17) is 4.74 Å². The number of carbonyl (C=O) groups excluding carboxylic acids is 1. The van der Waals surface area contributed by atoms with E-state index in [9.17, 15) is 18.0 Å². The molecule has 3 aromatic rings. The first-order valence-electron chi connectivity index (χ1n) is 11.2. The minimum Gasteiger partial charge on any atom is -0.435 e. The van der Waals surface area contributed by atoms with Crippen molar-refractivity contribution >= 4 is 23.5 Å². The van der Waals surface area contributed by atoms with Crippen molar-refractivity contribution in [1.82, 2.24) is 25.5 Å². The molecule has 3 heterocycles. The summed E-state index contributed by atoms with van der Waals surface area (Å²) in [6.07, 6.45) is 1.05. The molecule has 13 heteroatoms. The zero-order valence-electron chi connectivity index (χ0n) is 20.0. The molecule has 0 radical (unpaired) electrons. The Kier molecular flexibility index (Phi) is 9.33. The molecule has 1 aliphatic heterocycles.